The van der Waals surface area contributed by atoms with Gasteiger partial charge in [0.05, 0.1) is 5.69 Å². The average Bonchev–Trinajstić information content (AvgIpc) is 2.68. The molecule has 0 radical (unpaired) electrons. The molecule has 2 saturated heterocycles. The highest BCUT2D eigenvalue weighted by molar-refractivity contribution is 5.68. The van der Waals surface area contributed by atoms with E-state index in [0.29, 0.717) is 31.7 Å². The summed E-state index contributed by atoms with van der Waals surface area (Å²) in [6, 6.07) is 1.53. The Kier molecular flexibility index (Phi) is 7.21. The zero-order valence-electron chi connectivity index (χ0n) is 19.1. The molecule has 2 fully saturated rings. The molecule has 32 heavy (non-hydrogen) atoms. The number of nitrogens with zero attached hydrogens (tertiary/aromatic N) is 4. The summed E-state index contributed by atoms with van der Waals surface area (Å²) in [5.74, 6) is 0. The molecule has 2 aliphatic heterocycles. The number of pyridine rings is 1. The van der Waals surface area contributed by atoms with Crippen molar-refractivity contribution in [2.45, 2.75) is 71.1 Å². The first kappa shape index (κ1) is 24.5. The smallest absolute Gasteiger partial charge is 0.435 e. The fraction of sp³-hybridized carbons (Fsp3) is 0.727. The van der Waals surface area contributed by atoms with Gasteiger partial charge in [-0.15, -0.1) is 0 Å². The van der Waals surface area contributed by atoms with Crippen molar-refractivity contribution in [1.29, 1.82) is 0 Å². The molecule has 0 N–H and O–H groups in total. The molecule has 2 aliphatic rings. The number of carbonyl (C=O) groups is 1. The van der Waals surface area contributed by atoms with Gasteiger partial charge >= 0.3 is 12.3 Å². The highest BCUT2D eigenvalue weighted by atomic mass is 19.4. The van der Waals surface area contributed by atoms with E-state index in [9.17, 15) is 22.4 Å². The van der Waals surface area contributed by atoms with Crippen molar-refractivity contribution >= 4 is 11.8 Å². The maximum absolute atomic E-state index is 13.5. The lowest BCUT2D eigenvalue weighted by Crippen LogP contribution is -2.54. The van der Waals surface area contributed by atoms with E-state index >= 15 is 0 Å². The van der Waals surface area contributed by atoms with Gasteiger partial charge in [-0.25, -0.2) is 14.2 Å². The lowest BCUT2D eigenvalue weighted by atomic mass is 10.1. The van der Waals surface area contributed by atoms with Gasteiger partial charge in [-0.2, -0.15) is 13.2 Å². The van der Waals surface area contributed by atoms with Crippen LogP contribution in [0.15, 0.2) is 12.3 Å². The number of hydrogen-bond acceptors (Lipinski definition) is 5. The molecule has 3 rings (SSSR count). The van der Waals surface area contributed by atoms with Crippen molar-refractivity contribution < 1.29 is 27.1 Å². The van der Waals surface area contributed by atoms with E-state index in [1.54, 1.807) is 9.80 Å². The number of halogens is 4. The molecular formula is C22H32F4N4O2. The monoisotopic (exact) mass is 460 g/mol. The van der Waals surface area contributed by atoms with Gasteiger partial charge in [-0.1, -0.05) is 0 Å². The topological polar surface area (TPSA) is 48.9 Å². The lowest BCUT2D eigenvalue weighted by molar-refractivity contribution is -0.140. The van der Waals surface area contributed by atoms with Crippen LogP contribution in [0, 0.1) is 0 Å². The van der Waals surface area contributed by atoms with Gasteiger partial charge in [0, 0.05) is 51.5 Å². The minimum absolute atomic E-state index is 0.00398. The third-order valence-corrected chi connectivity index (χ3v) is 5.76. The molecule has 1 atom stereocenters. The first-order chi connectivity index (χ1) is 14.8. The Morgan fingerprint density at radius 1 is 1.16 bits per heavy atom. The second-order valence-corrected chi connectivity index (χ2v) is 9.62. The Balaban J connectivity index is 1.71. The Labute approximate surface area is 186 Å². The van der Waals surface area contributed by atoms with E-state index in [-0.39, 0.29) is 43.8 Å². The fourth-order valence-electron chi connectivity index (χ4n) is 4.09. The van der Waals surface area contributed by atoms with E-state index in [0.717, 1.165) is 0 Å². The molecule has 0 aromatic carbocycles. The molecule has 0 bridgehead atoms. The van der Waals surface area contributed by atoms with Crippen LogP contribution in [0.5, 0.6) is 0 Å². The van der Waals surface area contributed by atoms with Gasteiger partial charge in [-0.05, 0) is 52.2 Å². The van der Waals surface area contributed by atoms with Crippen molar-refractivity contribution in [3.63, 3.8) is 0 Å². The lowest BCUT2D eigenvalue weighted by Gasteiger charge is -2.40. The summed E-state index contributed by atoms with van der Waals surface area (Å²) >= 11 is 0. The Morgan fingerprint density at radius 2 is 1.81 bits per heavy atom. The summed E-state index contributed by atoms with van der Waals surface area (Å²) < 4.78 is 59.6. The number of alkyl halides is 4. The highest BCUT2D eigenvalue weighted by Crippen LogP contribution is 2.37. The van der Waals surface area contributed by atoms with Crippen molar-refractivity contribution in [2.75, 3.05) is 37.6 Å². The maximum Gasteiger partial charge on any atom is 0.435 e. The summed E-state index contributed by atoms with van der Waals surface area (Å²) in [6.45, 7) is 9.83. The molecule has 6 nitrogen and oxygen atoms in total. The van der Waals surface area contributed by atoms with Gasteiger partial charge in [0.2, 0.25) is 0 Å². The number of piperidine rings is 1. The van der Waals surface area contributed by atoms with Crippen molar-refractivity contribution in [3.8, 4) is 0 Å². The SMILES string of the molecule is C[C@H]1CN(C(=O)OC(C)(C)C)CCN1Cc1cnc(C(F)(F)F)c(N2CCC(F)CC2)c1. The van der Waals surface area contributed by atoms with E-state index in [1.807, 2.05) is 27.7 Å². The second kappa shape index (κ2) is 9.41. The average molecular weight is 461 g/mol. The van der Waals surface area contributed by atoms with E-state index in [4.69, 9.17) is 4.74 Å². The molecule has 0 unspecified atom stereocenters. The number of aromatic nitrogens is 1. The van der Waals surface area contributed by atoms with Gasteiger partial charge in [0.25, 0.3) is 0 Å². The van der Waals surface area contributed by atoms with Gasteiger partial charge in [0.1, 0.15) is 11.8 Å². The standard InChI is InChI=1S/C22H32F4N4O2/c1-15-13-30(20(31)32-21(2,3)4)10-9-29(15)14-16-11-18(19(27-12-16)22(24,25)26)28-7-5-17(23)6-8-28/h11-12,15,17H,5-10,13-14H2,1-4H3/t15-/m0/s1. The van der Waals surface area contributed by atoms with Crippen molar-refractivity contribution in [1.82, 2.24) is 14.8 Å². The number of hydrogen-bond donors (Lipinski definition) is 0. The molecule has 10 heteroatoms. The van der Waals surface area contributed by atoms with Crippen LogP contribution in [0.2, 0.25) is 0 Å². The Morgan fingerprint density at radius 3 is 2.38 bits per heavy atom. The Bertz CT molecular complexity index is 804. The number of piperazine rings is 1. The summed E-state index contributed by atoms with van der Waals surface area (Å²) in [5.41, 5.74) is -0.827. The van der Waals surface area contributed by atoms with Crippen LogP contribution >= 0.6 is 0 Å². The molecule has 1 amide bonds. The minimum atomic E-state index is -4.58. The summed E-state index contributed by atoms with van der Waals surface area (Å²) in [4.78, 5) is 21.4. The minimum Gasteiger partial charge on any atom is -0.444 e. The number of carbonyl (C=O) groups excluding carboxylic acids is 1. The van der Waals surface area contributed by atoms with Gasteiger partial charge in [-0.3, -0.25) is 4.90 Å². The molecule has 0 aliphatic carbocycles. The Hall–Kier alpha value is -2.10. The van der Waals surface area contributed by atoms with Crippen molar-refractivity contribution in [2.24, 2.45) is 0 Å². The number of anilines is 1. The first-order valence-corrected chi connectivity index (χ1v) is 11.0. The molecule has 0 saturated carbocycles. The van der Waals surface area contributed by atoms with E-state index < -0.39 is 23.6 Å². The van der Waals surface area contributed by atoms with Crippen LogP contribution in [-0.2, 0) is 17.5 Å². The summed E-state index contributed by atoms with van der Waals surface area (Å²) in [5, 5.41) is 0. The van der Waals surface area contributed by atoms with Crippen LogP contribution < -0.4 is 4.90 Å². The number of rotatable bonds is 3. The molecule has 180 valence electrons. The van der Waals surface area contributed by atoms with Crippen LogP contribution in [0.1, 0.15) is 51.8 Å². The normalized spacial score (nSPS) is 21.7. The zero-order valence-corrected chi connectivity index (χ0v) is 19.1. The molecule has 1 aromatic heterocycles. The van der Waals surface area contributed by atoms with Crippen LogP contribution in [0.25, 0.3) is 0 Å². The third-order valence-electron chi connectivity index (χ3n) is 5.76. The molecule has 0 spiro atoms. The molecular weight excluding hydrogens is 428 g/mol. The first-order valence-electron chi connectivity index (χ1n) is 11.0. The maximum atomic E-state index is 13.5. The quantitative estimate of drug-likeness (QED) is 0.623. The van der Waals surface area contributed by atoms with E-state index in [2.05, 4.69) is 9.88 Å². The second-order valence-electron chi connectivity index (χ2n) is 9.62. The van der Waals surface area contributed by atoms with E-state index in [1.165, 1.54) is 12.3 Å². The van der Waals surface area contributed by atoms with Crippen LogP contribution in [-0.4, -0.2) is 71.4 Å². The van der Waals surface area contributed by atoms with Crippen LogP contribution in [0.3, 0.4) is 0 Å². The summed E-state index contributed by atoms with van der Waals surface area (Å²) in [7, 11) is 0. The van der Waals surface area contributed by atoms with Crippen molar-refractivity contribution in [3.05, 3.63) is 23.5 Å². The van der Waals surface area contributed by atoms with Gasteiger partial charge < -0.3 is 14.5 Å². The number of ether oxygens (including phenoxy) is 1. The molecule has 1 aromatic rings. The van der Waals surface area contributed by atoms with Gasteiger partial charge in [0.15, 0.2) is 5.69 Å². The largest absolute Gasteiger partial charge is 0.444 e. The van der Waals surface area contributed by atoms with Crippen LogP contribution in [0.4, 0.5) is 28.0 Å². The predicted octanol–water partition coefficient (Wildman–Crippen LogP) is 4.48. The highest BCUT2D eigenvalue weighted by Gasteiger charge is 2.38. The summed E-state index contributed by atoms with van der Waals surface area (Å²) in [6.07, 6.45) is -4.22. The molecule has 3 heterocycles. The number of amides is 1. The fourth-order valence-corrected chi connectivity index (χ4v) is 4.09. The predicted molar refractivity (Wildman–Crippen MR) is 113 cm³/mol. The third kappa shape index (κ3) is 6.24. The zero-order chi connectivity index (χ0) is 23.7.